The first-order valence-corrected chi connectivity index (χ1v) is 16.6. The highest BCUT2D eigenvalue weighted by atomic mass is 16.5. The SMILES string of the molecule is CC(C)[C@@H](C(=O)N1CC[C@@H](O)C1)c1cc(N2CCN(CCC(=O)N3CC(c4c[nH]c5nnc(-c6ccccc6O)cc45)C3)CC2)no1. The number of aliphatic hydroxyl groups is 1. The molecule has 3 saturated heterocycles. The van der Waals surface area contributed by atoms with Gasteiger partial charge in [-0.05, 0) is 36.1 Å². The van der Waals surface area contributed by atoms with Gasteiger partial charge in [0, 0.05) is 94.5 Å². The number of para-hydroxylation sites is 1. The molecule has 248 valence electrons. The van der Waals surface area contributed by atoms with Gasteiger partial charge in [0.1, 0.15) is 11.7 Å². The Morgan fingerprint density at radius 1 is 1.02 bits per heavy atom. The molecule has 13 nitrogen and oxygen atoms in total. The predicted molar refractivity (Wildman–Crippen MR) is 175 cm³/mol. The normalized spacial score (nSPS) is 19.9. The molecule has 0 radical (unpaired) electrons. The summed E-state index contributed by atoms with van der Waals surface area (Å²) < 4.78 is 5.71. The van der Waals surface area contributed by atoms with Crippen LogP contribution in [0.25, 0.3) is 22.3 Å². The van der Waals surface area contributed by atoms with Gasteiger partial charge in [0.15, 0.2) is 17.2 Å². The number of aromatic hydroxyl groups is 1. The highest BCUT2D eigenvalue weighted by Crippen LogP contribution is 2.35. The second kappa shape index (κ2) is 13.0. The molecule has 2 atom stereocenters. The summed E-state index contributed by atoms with van der Waals surface area (Å²) in [4.78, 5) is 37.6. The molecule has 0 bridgehead atoms. The van der Waals surface area contributed by atoms with E-state index >= 15 is 0 Å². The summed E-state index contributed by atoms with van der Waals surface area (Å²) >= 11 is 0. The predicted octanol–water partition coefficient (Wildman–Crippen LogP) is 2.79. The Balaban J connectivity index is 0.885. The van der Waals surface area contributed by atoms with Gasteiger partial charge in [-0.15, -0.1) is 10.2 Å². The molecule has 7 rings (SSSR count). The number of aliphatic hydroxyl groups excluding tert-OH is 1. The van der Waals surface area contributed by atoms with Crippen LogP contribution in [0.15, 0.2) is 47.1 Å². The second-order valence-electron chi connectivity index (χ2n) is 13.4. The van der Waals surface area contributed by atoms with Crippen LogP contribution in [0.2, 0.25) is 0 Å². The van der Waals surface area contributed by atoms with E-state index in [4.69, 9.17) is 4.52 Å². The highest BCUT2D eigenvalue weighted by Gasteiger charge is 2.36. The number of phenols is 1. The molecule has 3 aromatic heterocycles. The fraction of sp³-hybridized carbons (Fsp3) is 0.500. The van der Waals surface area contributed by atoms with Crippen molar-refractivity contribution in [1.82, 2.24) is 35.0 Å². The Bertz CT molecular complexity index is 1740. The van der Waals surface area contributed by atoms with Crippen molar-refractivity contribution in [1.29, 1.82) is 0 Å². The van der Waals surface area contributed by atoms with Crippen LogP contribution in [0.1, 0.15) is 49.8 Å². The number of amides is 2. The number of carbonyl (C=O) groups is 2. The summed E-state index contributed by atoms with van der Waals surface area (Å²) in [5.74, 6) is 1.44. The lowest BCUT2D eigenvalue weighted by molar-refractivity contribution is -0.136. The van der Waals surface area contributed by atoms with Crippen LogP contribution in [0.5, 0.6) is 5.75 Å². The van der Waals surface area contributed by atoms with Crippen LogP contribution in [0.3, 0.4) is 0 Å². The standard InChI is InChI=1S/C34H42N8O5/c1-21(2)32(34(46)41-10-7-23(43)20-41)29-16-30(38-47-29)40-13-11-39(12-14-40)9-8-31(45)42-18-22(19-42)26-17-35-33-25(26)15-27(36-37-33)24-5-3-4-6-28(24)44/h3-6,15-17,21-23,32,43-44H,7-14,18-20H2,1-2H3,(H,35,37)/t23-,32-/m1/s1. The van der Waals surface area contributed by atoms with Gasteiger partial charge in [0.25, 0.3) is 0 Å². The van der Waals surface area contributed by atoms with E-state index in [1.165, 1.54) is 0 Å². The number of benzene rings is 1. The lowest BCUT2D eigenvalue weighted by Crippen LogP contribution is -2.50. The van der Waals surface area contributed by atoms with E-state index in [-0.39, 0.29) is 29.4 Å². The highest BCUT2D eigenvalue weighted by molar-refractivity contribution is 5.86. The summed E-state index contributed by atoms with van der Waals surface area (Å²) in [6.45, 7) is 10.1. The largest absolute Gasteiger partial charge is 0.507 e. The number of anilines is 1. The summed E-state index contributed by atoms with van der Waals surface area (Å²) in [5.41, 5.74) is 3.06. The monoisotopic (exact) mass is 642 g/mol. The fourth-order valence-electron chi connectivity index (χ4n) is 7.04. The van der Waals surface area contributed by atoms with Gasteiger partial charge in [-0.2, -0.15) is 0 Å². The molecular weight excluding hydrogens is 600 g/mol. The zero-order valence-electron chi connectivity index (χ0n) is 26.9. The molecule has 3 aliphatic rings. The zero-order chi connectivity index (χ0) is 32.7. The Kier molecular flexibility index (Phi) is 8.58. The molecule has 6 heterocycles. The van der Waals surface area contributed by atoms with E-state index in [0.717, 1.165) is 42.9 Å². The van der Waals surface area contributed by atoms with E-state index in [0.29, 0.717) is 68.2 Å². The molecular formula is C34H42N8O5. The van der Waals surface area contributed by atoms with E-state index in [1.54, 1.807) is 17.0 Å². The van der Waals surface area contributed by atoms with Gasteiger partial charge < -0.3 is 34.4 Å². The minimum atomic E-state index is -0.459. The van der Waals surface area contributed by atoms with Gasteiger partial charge in [0.05, 0.1) is 11.8 Å². The lowest BCUT2D eigenvalue weighted by atomic mass is 9.91. The van der Waals surface area contributed by atoms with Crippen molar-refractivity contribution in [3.05, 3.63) is 53.9 Å². The van der Waals surface area contributed by atoms with Gasteiger partial charge in [-0.1, -0.05) is 31.1 Å². The molecule has 3 fully saturated rings. The maximum Gasteiger partial charge on any atom is 0.233 e. The number of nitrogens with zero attached hydrogens (tertiary/aromatic N) is 7. The van der Waals surface area contributed by atoms with E-state index in [1.807, 2.05) is 49.2 Å². The van der Waals surface area contributed by atoms with Gasteiger partial charge in [0.2, 0.25) is 11.8 Å². The summed E-state index contributed by atoms with van der Waals surface area (Å²) in [7, 11) is 0. The zero-order valence-corrected chi connectivity index (χ0v) is 26.9. The third-order valence-electron chi connectivity index (χ3n) is 9.89. The molecule has 0 saturated carbocycles. The molecule has 13 heteroatoms. The van der Waals surface area contributed by atoms with Crippen molar-refractivity contribution >= 4 is 28.7 Å². The van der Waals surface area contributed by atoms with Crippen LogP contribution in [0.4, 0.5) is 5.82 Å². The first-order valence-electron chi connectivity index (χ1n) is 16.6. The average Bonchev–Trinajstić information content (AvgIpc) is 3.80. The Morgan fingerprint density at radius 3 is 2.53 bits per heavy atom. The van der Waals surface area contributed by atoms with E-state index in [9.17, 15) is 19.8 Å². The minimum absolute atomic E-state index is 0.0173. The summed E-state index contributed by atoms with van der Waals surface area (Å²) in [6.07, 6.45) is 2.58. The van der Waals surface area contributed by atoms with Gasteiger partial charge in [-0.25, -0.2) is 0 Å². The van der Waals surface area contributed by atoms with Crippen molar-refractivity contribution < 1.29 is 24.3 Å². The van der Waals surface area contributed by atoms with Crippen molar-refractivity contribution in [2.24, 2.45) is 5.92 Å². The van der Waals surface area contributed by atoms with Crippen molar-refractivity contribution in [2.75, 3.05) is 63.8 Å². The maximum absolute atomic E-state index is 13.2. The maximum atomic E-state index is 13.2. The summed E-state index contributed by atoms with van der Waals surface area (Å²) in [5, 5.41) is 34.0. The molecule has 4 aromatic rings. The smallest absolute Gasteiger partial charge is 0.233 e. The number of aromatic nitrogens is 4. The number of nitrogens with one attached hydrogen (secondary N) is 1. The number of hydrogen-bond acceptors (Lipinski definition) is 10. The number of piperazine rings is 1. The van der Waals surface area contributed by atoms with Crippen LogP contribution in [-0.4, -0.2) is 122 Å². The number of aromatic amines is 1. The second-order valence-corrected chi connectivity index (χ2v) is 13.4. The number of rotatable bonds is 9. The molecule has 0 spiro atoms. The van der Waals surface area contributed by atoms with Crippen molar-refractivity contribution in [3.8, 4) is 17.0 Å². The van der Waals surface area contributed by atoms with Gasteiger partial charge >= 0.3 is 0 Å². The number of fused-ring (bicyclic) bond motifs is 1. The molecule has 3 N–H and O–H groups in total. The number of likely N-dealkylation sites (tertiary alicyclic amines) is 2. The molecule has 3 aliphatic heterocycles. The fourth-order valence-corrected chi connectivity index (χ4v) is 7.04. The number of hydrogen-bond donors (Lipinski definition) is 3. The average molecular weight is 643 g/mol. The summed E-state index contributed by atoms with van der Waals surface area (Å²) in [6, 6.07) is 10.9. The van der Waals surface area contributed by atoms with Crippen LogP contribution in [-0.2, 0) is 9.59 Å². The quantitative estimate of drug-likeness (QED) is 0.248. The molecule has 0 aliphatic carbocycles. The topological polar surface area (TPSA) is 155 Å². The molecule has 0 unspecified atom stereocenters. The number of H-pyrrole nitrogens is 1. The number of carbonyl (C=O) groups excluding carboxylic acids is 2. The third-order valence-corrected chi connectivity index (χ3v) is 9.89. The Hall–Kier alpha value is -4.49. The molecule has 2 amide bonds. The molecule has 47 heavy (non-hydrogen) atoms. The number of β-amino-alcohol motifs (C(OH)–C–C–N with tert-alkyl or cyclic N) is 1. The van der Waals surface area contributed by atoms with Crippen molar-refractivity contribution in [3.63, 3.8) is 0 Å². The van der Waals surface area contributed by atoms with Crippen LogP contribution < -0.4 is 4.90 Å². The Morgan fingerprint density at radius 2 is 1.81 bits per heavy atom. The minimum Gasteiger partial charge on any atom is -0.507 e. The first kappa shape index (κ1) is 31.1. The third kappa shape index (κ3) is 6.29. The van der Waals surface area contributed by atoms with Crippen LogP contribution in [0, 0.1) is 5.92 Å². The van der Waals surface area contributed by atoms with E-state index < -0.39 is 12.0 Å². The number of phenolic OH excluding ortho intramolecular Hbond substituents is 1. The first-order chi connectivity index (χ1) is 22.7. The lowest BCUT2D eigenvalue weighted by Gasteiger charge is -2.40. The van der Waals surface area contributed by atoms with Crippen LogP contribution >= 0.6 is 0 Å². The molecule has 1 aromatic carbocycles. The van der Waals surface area contributed by atoms with Crippen molar-refractivity contribution in [2.45, 2.75) is 44.6 Å². The van der Waals surface area contributed by atoms with E-state index in [2.05, 4.69) is 30.1 Å². The van der Waals surface area contributed by atoms with Gasteiger partial charge in [-0.3, -0.25) is 14.5 Å². The Labute approximate surface area is 273 Å².